The average Bonchev–Trinajstić information content (AvgIpc) is 2.76. The fraction of sp³-hybridized carbons (Fsp3) is 0.136. The van der Waals surface area contributed by atoms with Crippen molar-refractivity contribution in [2.45, 2.75) is 13.3 Å². The maximum absolute atomic E-state index is 12.4. The minimum atomic E-state index is -0.631. The lowest BCUT2D eigenvalue weighted by Gasteiger charge is -2.10. The number of methoxy groups -OCH3 is 1. The van der Waals surface area contributed by atoms with E-state index in [1.54, 1.807) is 6.07 Å². The summed E-state index contributed by atoms with van der Waals surface area (Å²) in [5.41, 5.74) is 2.58. The lowest BCUT2D eigenvalue weighted by atomic mass is 10.1. The SMILES string of the molecule is COc1ccc([N+](=O)[O-])cc1NC(=O)C/C(C)=N\NC(=O)c1cc2ccccc2cc1O. The topological polar surface area (TPSA) is 143 Å². The summed E-state index contributed by atoms with van der Waals surface area (Å²) in [6.45, 7) is 1.53. The molecule has 0 saturated heterocycles. The summed E-state index contributed by atoms with van der Waals surface area (Å²) in [5.74, 6) is -1.07. The van der Waals surface area contributed by atoms with Crippen molar-refractivity contribution in [2.75, 3.05) is 12.4 Å². The van der Waals surface area contributed by atoms with Crippen LogP contribution in [0.25, 0.3) is 10.8 Å². The molecule has 0 heterocycles. The molecule has 164 valence electrons. The number of hydrogen-bond acceptors (Lipinski definition) is 7. The number of benzene rings is 3. The first-order valence-corrected chi connectivity index (χ1v) is 9.46. The molecule has 10 nitrogen and oxygen atoms in total. The molecular weight excluding hydrogens is 416 g/mol. The Bertz CT molecular complexity index is 1240. The van der Waals surface area contributed by atoms with Crippen LogP contribution >= 0.6 is 0 Å². The highest BCUT2D eigenvalue weighted by molar-refractivity contribution is 6.07. The highest BCUT2D eigenvalue weighted by Crippen LogP contribution is 2.29. The molecular formula is C22H20N4O6. The van der Waals surface area contributed by atoms with Crippen molar-refractivity contribution in [3.05, 3.63) is 70.3 Å². The number of phenolic OH excluding ortho intramolecular Hbond substituents is 1. The molecule has 0 atom stereocenters. The van der Waals surface area contributed by atoms with Gasteiger partial charge in [-0.1, -0.05) is 24.3 Å². The van der Waals surface area contributed by atoms with Gasteiger partial charge in [0.25, 0.3) is 11.6 Å². The van der Waals surface area contributed by atoms with E-state index in [0.717, 1.165) is 10.8 Å². The third kappa shape index (κ3) is 5.17. The fourth-order valence-electron chi connectivity index (χ4n) is 2.99. The molecule has 0 unspecified atom stereocenters. The molecule has 0 aliphatic heterocycles. The summed E-state index contributed by atoms with van der Waals surface area (Å²) in [4.78, 5) is 35.1. The Morgan fingerprint density at radius 2 is 1.81 bits per heavy atom. The molecule has 0 aliphatic carbocycles. The van der Waals surface area contributed by atoms with Crippen molar-refractivity contribution in [1.82, 2.24) is 5.43 Å². The summed E-state index contributed by atoms with van der Waals surface area (Å²) in [5, 5.41) is 29.1. The van der Waals surface area contributed by atoms with E-state index in [9.17, 15) is 24.8 Å². The Morgan fingerprint density at radius 1 is 1.12 bits per heavy atom. The summed E-state index contributed by atoms with van der Waals surface area (Å²) >= 11 is 0. The molecule has 3 aromatic rings. The van der Waals surface area contributed by atoms with Crippen LogP contribution in [0.5, 0.6) is 11.5 Å². The number of carbonyl (C=O) groups is 2. The van der Waals surface area contributed by atoms with Crippen LogP contribution in [0.4, 0.5) is 11.4 Å². The normalized spacial score (nSPS) is 11.1. The Morgan fingerprint density at radius 3 is 2.47 bits per heavy atom. The summed E-state index contributed by atoms with van der Waals surface area (Å²) in [6, 6.07) is 14.1. The quantitative estimate of drug-likeness (QED) is 0.293. The molecule has 3 aromatic carbocycles. The molecule has 3 N–H and O–H groups in total. The van der Waals surface area contributed by atoms with E-state index in [-0.39, 0.29) is 40.6 Å². The molecule has 0 fully saturated rings. The van der Waals surface area contributed by atoms with E-state index in [4.69, 9.17) is 4.74 Å². The summed E-state index contributed by atoms with van der Waals surface area (Å²) < 4.78 is 5.11. The molecule has 10 heteroatoms. The maximum Gasteiger partial charge on any atom is 0.275 e. The number of nitro benzene ring substituents is 1. The maximum atomic E-state index is 12.4. The Labute approximate surface area is 182 Å². The number of rotatable bonds is 7. The van der Waals surface area contributed by atoms with E-state index in [0.29, 0.717) is 0 Å². The molecule has 0 bridgehead atoms. The van der Waals surface area contributed by atoms with E-state index < -0.39 is 16.7 Å². The number of ether oxygens (including phenoxy) is 1. The Balaban J connectivity index is 1.67. The number of aromatic hydroxyl groups is 1. The van der Waals surface area contributed by atoms with Crippen LogP contribution in [0, 0.1) is 10.1 Å². The predicted molar refractivity (Wildman–Crippen MR) is 119 cm³/mol. The number of nitro groups is 1. The van der Waals surface area contributed by atoms with Crippen LogP contribution in [0.2, 0.25) is 0 Å². The van der Waals surface area contributed by atoms with Gasteiger partial charge in [-0.15, -0.1) is 0 Å². The second kappa shape index (κ2) is 9.56. The zero-order chi connectivity index (χ0) is 23.3. The van der Waals surface area contributed by atoms with Crippen molar-refractivity contribution < 1.29 is 24.4 Å². The second-order valence-corrected chi connectivity index (χ2v) is 6.87. The van der Waals surface area contributed by atoms with Crippen molar-refractivity contribution in [2.24, 2.45) is 5.10 Å². The van der Waals surface area contributed by atoms with Crippen LogP contribution in [-0.2, 0) is 4.79 Å². The van der Waals surface area contributed by atoms with Crippen molar-refractivity contribution in [1.29, 1.82) is 0 Å². The molecule has 0 saturated carbocycles. The minimum absolute atomic E-state index is 0.0473. The van der Waals surface area contributed by atoms with Gasteiger partial charge in [-0.2, -0.15) is 5.10 Å². The van der Waals surface area contributed by atoms with Gasteiger partial charge in [-0.25, -0.2) is 5.43 Å². The summed E-state index contributed by atoms with van der Waals surface area (Å²) in [6.07, 6.45) is -0.185. The molecule has 0 aliphatic rings. The predicted octanol–water partition coefficient (Wildman–Crippen LogP) is 3.60. The molecule has 0 aromatic heterocycles. The van der Waals surface area contributed by atoms with Gasteiger partial charge in [-0.05, 0) is 35.9 Å². The first-order valence-electron chi connectivity index (χ1n) is 9.46. The molecule has 0 radical (unpaired) electrons. The average molecular weight is 436 g/mol. The Kier molecular flexibility index (Phi) is 6.64. The van der Waals surface area contributed by atoms with Gasteiger partial charge in [0.2, 0.25) is 5.91 Å². The van der Waals surface area contributed by atoms with Gasteiger partial charge in [0.1, 0.15) is 11.5 Å². The molecule has 0 spiro atoms. The molecule has 3 rings (SSSR count). The monoisotopic (exact) mass is 436 g/mol. The van der Waals surface area contributed by atoms with Crippen molar-refractivity contribution in [3.8, 4) is 11.5 Å². The fourth-order valence-corrected chi connectivity index (χ4v) is 2.99. The zero-order valence-electron chi connectivity index (χ0n) is 17.3. The lowest BCUT2D eigenvalue weighted by molar-refractivity contribution is -0.384. The Hall–Kier alpha value is -4.47. The zero-order valence-corrected chi connectivity index (χ0v) is 17.3. The van der Waals surface area contributed by atoms with Gasteiger partial charge in [-0.3, -0.25) is 19.7 Å². The minimum Gasteiger partial charge on any atom is -0.507 e. The largest absolute Gasteiger partial charge is 0.507 e. The van der Waals surface area contributed by atoms with Crippen LogP contribution in [0.1, 0.15) is 23.7 Å². The molecule has 32 heavy (non-hydrogen) atoms. The van der Waals surface area contributed by atoms with E-state index in [1.165, 1.54) is 38.3 Å². The number of nitrogens with one attached hydrogen (secondary N) is 2. The number of non-ortho nitro benzene ring substituents is 1. The van der Waals surface area contributed by atoms with Crippen LogP contribution in [0.3, 0.4) is 0 Å². The number of fused-ring (bicyclic) bond motifs is 1. The standard InChI is InChI=1S/C22H20N4O6/c1-13(9-21(28)23-18-12-16(26(30)31)7-8-20(18)32-2)24-25-22(29)17-10-14-5-3-4-6-15(14)11-19(17)27/h3-8,10-12,27H,9H2,1-2H3,(H,23,28)(H,25,29)/b24-13-. The number of hydrazone groups is 1. The number of nitrogens with zero attached hydrogens (tertiary/aromatic N) is 2. The number of phenols is 1. The van der Waals surface area contributed by atoms with Crippen molar-refractivity contribution >= 4 is 39.7 Å². The lowest BCUT2D eigenvalue weighted by Crippen LogP contribution is -2.21. The first-order chi connectivity index (χ1) is 15.3. The molecule has 2 amide bonds. The van der Waals surface area contributed by atoms with E-state index >= 15 is 0 Å². The smallest absolute Gasteiger partial charge is 0.275 e. The number of carbonyl (C=O) groups excluding carboxylic acids is 2. The number of anilines is 1. The van der Waals surface area contributed by atoms with Crippen LogP contribution in [0.15, 0.2) is 59.7 Å². The second-order valence-electron chi connectivity index (χ2n) is 6.87. The third-order valence-electron chi connectivity index (χ3n) is 4.54. The van der Waals surface area contributed by atoms with Crippen molar-refractivity contribution in [3.63, 3.8) is 0 Å². The first kappa shape index (κ1) is 22.2. The van der Waals surface area contributed by atoms with Gasteiger partial charge >= 0.3 is 0 Å². The highest BCUT2D eigenvalue weighted by atomic mass is 16.6. The highest BCUT2D eigenvalue weighted by Gasteiger charge is 2.15. The van der Waals surface area contributed by atoms with Gasteiger partial charge in [0, 0.05) is 17.8 Å². The summed E-state index contributed by atoms with van der Waals surface area (Å²) in [7, 11) is 1.38. The number of hydrogen-bond donors (Lipinski definition) is 3. The van der Waals surface area contributed by atoms with Gasteiger partial charge in [0.15, 0.2) is 0 Å². The van der Waals surface area contributed by atoms with Gasteiger partial charge < -0.3 is 15.2 Å². The van der Waals surface area contributed by atoms with Crippen LogP contribution < -0.4 is 15.5 Å². The van der Waals surface area contributed by atoms with E-state index in [1.807, 2.05) is 24.3 Å². The van der Waals surface area contributed by atoms with Gasteiger partial charge in [0.05, 0.1) is 29.7 Å². The van der Waals surface area contributed by atoms with E-state index in [2.05, 4.69) is 15.8 Å². The van der Waals surface area contributed by atoms with Crippen LogP contribution in [-0.4, -0.2) is 34.7 Å². The number of amides is 2. The third-order valence-corrected chi connectivity index (χ3v) is 4.54.